The maximum absolute atomic E-state index is 11.7. The number of alkyl halides is 1. The molecule has 0 spiro atoms. The van der Waals surface area contributed by atoms with E-state index < -0.39 is 10.0 Å². The summed E-state index contributed by atoms with van der Waals surface area (Å²) in [6.45, 7) is 4.89. The van der Waals surface area contributed by atoms with Gasteiger partial charge in [-0.15, -0.1) is 11.6 Å². The summed E-state index contributed by atoms with van der Waals surface area (Å²) in [5, 5.41) is 0.00179. The number of rotatable bonds is 3. The number of hydrogen-bond acceptors (Lipinski definition) is 2. The molecule has 3 nitrogen and oxygen atoms in total. The lowest BCUT2D eigenvalue weighted by molar-refractivity contribution is 0.470. The van der Waals surface area contributed by atoms with Crippen LogP contribution >= 0.6 is 11.6 Å². The second-order valence-corrected chi connectivity index (χ2v) is 6.55. The lowest BCUT2D eigenvalue weighted by atomic mass is 10.3. The van der Waals surface area contributed by atoms with Gasteiger partial charge in [0.15, 0.2) is 0 Å². The topological polar surface area (TPSA) is 37.4 Å². The Labute approximate surface area is 85.1 Å². The Morgan fingerprint density at radius 3 is 2.54 bits per heavy atom. The van der Waals surface area contributed by atoms with E-state index in [9.17, 15) is 8.42 Å². The highest BCUT2D eigenvalue weighted by Crippen LogP contribution is 2.19. The molecule has 1 fully saturated rings. The van der Waals surface area contributed by atoms with Crippen LogP contribution in [0.25, 0.3) is 0 Å². The van der Waals surface area contributed by atoms with Crippen molar-refractivity contribution in [1.29, 1.82) is 0 Å². The molecule has 0 amide bonds. The molecule has 1 aliphatic heterocycles. The van der Waals surface area contributed by atoms with Gasteiger partial charge in [0, 0.05) is 18.5 Å². The van der Waals surface area contributed by atoms with Gasteiger partial charge < -0.3 is 0 Å². The largest absolute Gasteiger partial charge is 0.214 e. The number of sulfonamides is 1. The van der Waals surface area contributed by atoms with Crippen molar-refractivity contribution in [3.05, 3.63) is 0 Å². The Kier molecular flexibility index (Phi) is 3.60. The van der Waals surface area contributed by atoms with Crippen molar-refractivity contribution in [2.75, 3.05) is 18.8 Å². The van der Waals surface area contributed by atoms with E-state index in [2.05, 4.69) is 0 Å². The standard InChI is InChI=1S/C8H16ClNO2S/c1-7(2)6-13(11,12)10-4-3-8(9)5-10/h7-8H,3-6H2,1-2H3. The van der Waals surface area contributed by atoms with Crippen molar-refractivity contribution in [3.63, 3.8) is 0 Å². The van der Waals surface area contributed by atoms with Crippen LogP contribution in [0.5, 0.6) is 0 Å². The monoisotopic (exact) mass is 225 g/mol. The molecule has 13 heavy (non-hydrogen) atoms. The summed E-state index contributed by atoms with van der Waals surface area (Å²) < 4.78 is 24.8. The molecular formula is C8H16ClNO2S. The maximum Gasteiger partial charge on any atom is 0.214 e. The summed E-state index contributed by atoms with van der Waals surface area (Å²) in [6.07, 6.45) is 0.777. The fraction of sp³-hybridized carbons (Fsp3) is 1.00. The smallest absolute Gasteiger partial charge is 0.212 e. The Morgan fingerprint density at radius 1 is 1.54 bits per heavy atom. The zero-order valence-corrected chi connectivity index (χ0v) is 9.61. The van der Waals surface area contributed by atoms with Crippen LogP contribution in [-0.2, 0) is 10.0 Å². The van der Waals surface area contributed by atoms with E-state index in [-0.39, 0.29) is 17.0 Å². The van der Waals surface area contributed by atoms with E-state index >= 15 is 0 Å². The minimum Gasteiger partial charge on any atom is -0.212 e. The maximum atomic E-state index is 11.7. The molecule has 5 heteroatoms. The van der Waals surface area contributed by atoms with Gasteiger partial charge in [0.1, 0.15) is 0 Å². The summed E-state index contributed by atoms with van der Waals surface area (Å²) in [5.41, 5.74) is 0. The van der Waals surface area contributed by atoms with E-state index in [0.717, 1.165) is 6.42 Å². The summed E-state index contributed by atoms with van der Waals surface area (Å²) >= 11 is 5.84. The second kappa shape index (κ2) is 4.15. The molecule has 78 valence electrons. The quantitative estimate of drug-likeness (QED) is 0.679. The molecule has 0 aliphatic carbocycles. The lowest BCUT2D eigenvalue weighted by Gasteiger charge is -2.16. The van der Waals surface area contributed by atoms with E-state index in [1.165, 1.54) is 4.31 Å². The van der Waals surface area contributed by atoms with Crippen LogP contribution in [0.4, 0.5) is 0 Å². The van der Waals surface area contributed by atoms with Crippen molar-refractivity contribution >= 4 is 21.6 Å². The van der Waals surface area contributed by atoms with Gasteiger partial charge in [-0.2, -0.15) is 0 Å². The Morgan fingerprint density at radius 2 is 2.15 bits per heavy atom. The van der Waals surface area contributed by atoms with Gasteiger partial charge in [-0.3, -0.25) is 0 Å². The molecule has 0 aromatic rings. The molecule has 1 atom stereocenters. The molecule has 1 rings (SSSR count). The van der Waals surface area contributed by atoms with Gasteiger partial charge in [-0.05, 0) is 12.3 Å². The summed E-state index contributed by atoms with van der Waals surface area (Å²) in [4.78, 5) is 0. The molecule has 0 bridgehead atoms. The predicted molar refractivity (Wildman–Crippen MR) is 54.5 cm³/mol. The number of nitrogens with zero attached hydrogens (tertiary/aromatic N) is 1. The summed E-state index contributed by atoms with van der Waals surface area (Å²) in [6, 6.07) is 0. The molecule has 1 saturated heterocycles. The highest BCUT2D eigenvalue weighted by molar-refractivity contribution is 7.89. The third-order valence-corrected chi connectivity index (χ3v) is 4.59. The van der Waals surface area contributed by atoms with Crippen LogP contribution in [0.15, 0.2) is 0 Å². The number of halogens is 1. The first kappa shape index (κ1) is 11.3. The SMILES string of the molecule is CC(C)CS(=O)(=O)N1CCC(Cl)C1. The Hall–Kier alpha value is 0.200. The minimum atomic E-state index is -3.04. The average Bonchev–Trinajstić information content (AvgIpc) is 2.32. The van der Waals surface area contributed by atoms with E-state index in [4.69, 9.17) is 11.6 Å². The lowest BCUT2D eigenvalue weighted by Crippen LogP contribution is -2.32. The molecule has 1 heterocycles. The van der Waals surface area contributed by atoms with Gasteiger partial charge >= 0.3 is 0 Å². The second-order valence-electron chi connectivity index (χ2n) is 3.92. The van der Waals surface area contributed by atoms with Gasteiger partial charge in [-0.25, -0.2) is 12.7 Å². The Bertz CT molecular complexity index is 263. The van der Waals surface area contributed by atoms with Gasteiger partial charge in [0.05, 0.1) is 5.75 Å². The zero-order valence-electron chi connectivity index (χ0n) is 8.03. The molecule has 0 aromatic carbocycles. The highest BCUT2D eigenvalue weighted by atomic mass is 35.5. The van der Waals surface area contributed by atoms with Crippen LogP contribution in [0.1, 0.15) is 20.3 Å². The minimum absolute atomic E-state index is 0.00179. The van der Waals surface area contributed by atoms with E-state index in [1.54, 1.807) is 0 Å². The van der Waals surface area contributed by atoms with Crippen LogP contribution < -0.4 is 0 Å². The molecule has 1 aliphatic rings. The highest BCUT2D eigenvalue weighted by Gasteiger charge is 2.30. The normalized spacial score (nSPS) is 25.7. The van der Waals surface area contributed by atoms with Gasteiger partial charge in [0.2, 0.25) is 10.0 Å². The zero-order chi connectivity index (χ0) is 10.1. The fourth-order valence-electron chi connectivity index (χ4n) is 1.47. The van der Waals surface area contributed by atoms with Gasteiger partial charge in [0.25, 0.3) is 0 Å². The first-order valence-corrected chi connectivity index (χ1v) is 6.58. The van der Waals surface area contributed by atoms with Crippen molar-refractivity contribution in [1.82, 2.24) is 4.31 Å². The first-order chi connectivity index (χ1) is 5.92. The van der Waals surface area contributed by atoms with Gasteiger partial charge in [-0.1, -0.05) is 13.8 Å². The van der Waals surface area contributed by atoms with E-state index in [1.807, 2.05) is 13.8 Å². The molecule has 0 aromatic heterocycles. The van der Waals surface area contributed by atoms with Crippen LogP contribution in [-0.4, -0.2) is 36.9 Å². The third-order valence-electron chi connectivity index (χ3n) is 2.03. The number of hydrogen-bond donors (Lipinski definition) is 0. The molecular weight excluding hydrogens is 210 g/mol. The van der Waals surface area contributed by atoms with Crippen molar-refractivity contribution in [2.24, 2.45) is 5.92 Å². The summed E-state index contributed by atoms with van der Waals surface area (Å²) in [5.74, 6) is 0.413. The third kappa shape index (κ3) is 3.11. The van der Waals surface area contributed by atoms with Crippen LogP contribution in [0.3, 0.4) is 0 Å². The van der Waals surface area contributed by atoms with Crippen molar-refractivity contribution in [2.45, 2.75) is 25.6 Å². The molecule has 0 radical (unpaired) electrons. The van der Waals surface area contributed by atoms with Crippen molar-refractivity contribution in [3.8, 4) is 0 Å². The van der Waals surface area contributed by atoms with Crippen molar-refractivity contribution < 1.29 is 8.42 Å². The molecule has 0 saturated carbocycles. The fourth-order valence-corrected chi connectivity index (χ4v) is 3.66. The Balaban J connectivity index is 2.60. The van der Waals surface area contributed by atoms with Crippen LogP contribution in [0, 0.1) is 5.92 Å². The van der Waals surface area contributed by atoms with E-state index in [0.29, 0.717) is 13.1 Å². The molecule has 0 N–H and O–H groups in total. The summed E-state index contributed by atoms with van der Waals surface area (Å²) in [7, 11) is -3.04. The van der Waals surface area contributed by atoms with Crippen LogP contribution in [0.2, 0.25) is 0 Å². The average molecular weight is 226 g/mol. The molecule has 1 unspecified atom stereocenters. The predicted octanol–water partition coefficient (Wildman–Crippen LogP) is 1.29. The first-order valence-electron chi connectivity index (χ1n) is 4.53.